The third kappa shape index (κ3) is 3.91. The van der Waals surface area contributed by atoms with Crippen LogP contribution < -0.4 is 11.1 Å². The molecule has 5 nitrogen and oxygen atoms in total. The predicted molar refractivity (Wildman–Crippen MR) is 115 cm³/mol. The van der Waals surface area contributed by atoms with Gasteiger partial charge >= 0.3 is 0 Å². The number of halogens is 1. The SMILES string of the molecule is NC(=O)[C@H](Cc1ccc(Cl)cc1)NC(=O)c1c2ccccc2nc2ccccc12. The van der Waals surface area contributed by atoms with Crippen LogP contribution in [-0.4, -0.2) is 22.8 Å². The van der Waals surface area contributed by atoms with E-state index in [-0.39, 0.29) is 12.3 Å². The number of amides is 2. The fourth-order valence-electron chi connectivity index (χ4n) is 3.39. The molecule has 0 aliphatic rings. The van der Waals surface area contributed by atoms with E-state index in [1.54, 1.807) is 12.1 Å². The van der Waals surface area contributed by atoms with E-state index in [1.807, 2.05) is 60.7 Å². The standard InChI is InChI=1S/C23H18ClN3O2/c24-15-11-9-14(10-12-15)13-20(22(25)28)27-23(29)21-16-5-1-3-7-18(16)26-19-8-4-2-6-17(19)21/h1-12,20H,13H2,(H2,25,28)(H,27,29)/t20-/m0/s1. The Morgan fingerprint density at radius 1 is 0.897 bits per heavy atom. The van der Waals surface area contributed by atoms with Gasteiger partial charge in [-0.25, -0.2) is 4.98 Å². The summed E-state index contributed by atoms with van der Waals surface area (Å²) < 4.78 is 0. The molecule has 0 spiro atoms. The average Bonchev–Trinajstić information content (AvgIpc) is 2.72. The van der Waals surface area contributed by atoms with Crippen LogP contribution in [0.5, 0.6) is 0 Å². The van der Waals surface area contributed by atoms with Gasteiger partial charge in [-0.3, -0.25) is 9.59 Å². The van der Waals surface area contributed by atoms with Crippen LogP contribution in [0.4, 0.5) is 0 Å². The summed E-state index contributed by atoms with van der Waals surface area (Å²) in [6.45, 7) is 0. The van der Waals surface area contributed by atoms with Gasteiger partial charge in [-0.1, -0.05) is 60.1 Å². The molecule has 0 saturated carbocycles. The van der Waals surface area contributed by atoms with E-state index < -0.39 is 11.9 Å². The van der Waals surface area contributed by atoms with Gasteiger partial charge in [0.2, 0.25) is 5.91 Å². The van der Waals surface area contributed by atoms with Crippen LogP contribution in [0.25, 0.3) is 21.8 Å². The van der Waals surface area contributed by atoms with Gasteiger partial charge in [0.15, 0.2) is 0 Å². The number of hydrogen-bond donors (Lipinski definition) is 2. The number of hydrogen-bond acceptors (Lipinski definition) is 3. The first kappa shape index (κ1) is 18.9. The van der Waals surface area contributed by atoms with Crippen molar-refractivity contribution in [1.82, 2.24) is 10.3 Å². The molecule has 4 rings (SSSR count). The molecule has 1 aromatic heterocycles. The number of carbonyl (C=O) groups is 2. The van der Waals surface area contributed by atoms with Crippen LogP contribution in [0.2, 0.25) is 5.02 Å². The molecule has 2 amide bonds. The van der Waals surface area contributed by atoms with Crippen molar-refractivity contribution in [3.05, 3.63) is 88.9 Å². The zero-order valence-corrected chi connectivity index (χ0v) is 16.2. The molecule has 4 aromatic rings. The van der Waals surface area contributed by atoms with Crippen molar-refractivity contribution in [2.24, 2.45) is 5.73 Å². The highest BCUT2D eigenvalue weighted by atomic mass is 35.5. The van der Waals surface area contributed by atoms with Crippen molar-refractivity contribution in [2.75, 3.05) is 0 Å². The molecule has 29 heavy (non-hydrogen) atoms. The molecule has 3 N–H and O–H groups in total. The number of pyridine rings is 1. The van der Waals surface area contributed by atoms with Gasteiger partial charge in [0.05, 0.1) is 16.6 Å². The van der Waals surface area contributed by atoms with Crippen LogP contribution in [0.1, 0.15) is 15.9 Å². The third-order valence-electron chi connectivity index (χ3n) is 4.82. The highest BCUT2D eigenvalue weighted by Gasteiger charge is 2.22. The number of fused-ring (bicyclic) bond motifs is 2. The fraction of sp³-hybridized carbons (Fsp3) is 0.0870. The molecule has 0 radical (unpaired) electrons. The van der Waals surface area contributed by atoms with Crippen LogP contribution in [-0.2, 0) is 11.2 Å². The maximum Gasteiger partial charge on any atom is 0.253 e. The number of rotatable bonds is 5. The van der Waals surface area contributed by atoms with Gasteiger partial charge in [0.25, 0.3) is 5.91 Å². The Morgan fingerprint density at radius 3 is 2.00 bits per heavy atom. The number of benzene rings is 3. The monoisotopic (exact) mass is 403 g/mol. The minimum atomic E-state index is -0.852. The van der Waals surface area contributed by atoms with E-state index >= 15 is 0 Å². The predicted octanol–water partition coefficient (Wildman–Crippen LogP) is 3.87. The fourth-order valence-corrected chi connectivity index (χ4v) is 3.52. The van der Waals surface area contributed by atoms with Crippen LogP contribution >= 0.6 is 11.6 Å². The normalized spacial score (nSPS) is 12.0. The molecule has 0 unspecified atom stereocenters. The highest BCUT2D eigenvalue weighted by Crippen LogP contribution is 2.26. The number of primary amides is 1. The minimum Gasteiger partial charge on any atom is -0.368 e. The summed E-state index contributed by atoms with van der Waals surface area (Å²) in [5.41, 5.74) is 8.33. The minimum absolute atomic E-state index is 0.277. The second-order valence-corrected chi connectivity index (χ2v) is 7.22. The maximum atomic E-state index is 13.3. The average molecular weight is 404 g/mol. The summed E-state index contributed by atoms with van der Waals surface area (Å²) in [5, 5.41) is 4.85. The third-order valence-corrected chi connectivity index (χ3v) is 5.07. The van der Waals surface area contributed by atoms with Crippen molar-refractivity contribution in [3.63, 3.8) is 0 Å². The summed E-state index contributed by atoms with van der Waals surface area (Å²) in [4.78, 5) is 29.9. The molecule has 0 fully saturated rings. The summed E-state index contributed by atoms with van der Waals surface area (Å²) in [7, 11) is 0. The lowest BCUT2D eigenvalue weighted by Crippen LogP contribution is -2.46. The zero-order valence-electron chi connectivity index (χ0n) is 15.4. The number of nitrogens with one attached hydrogen (secondary N) is 1. The van der Waals surface area contributed by atoms with Crippen LogP contribution in [0, 0.1) is 0 Å². The van der Waals surface area contributed by atoms with Crippen molar-refractivity contribution < 1.29 is 9.59 Å². The molecule has 144 valence electrons. The van der Waals surface area contributed by atoms with Gasteiger partial charge in [0, 0.05) is 22.2 Å². The molecule has 1 atom stereocenters. The summed E-state index contributed by atoms with van der Waals surface area (Å²) in [6.07, 6.45) is 0.277. The number of para-hydroxylation sites is 2. The first-order valence-corrected chi connectivity index (χ1v) is 9.53. The van der Waals surface area contributed by atoms with Gasteiger partial charge in [-0.15, -0.1) is 0 Å². The van der Waals surface area contributed by atoms with Crippen molar-refractivity contribution in [3.8, 4) is 0 Å². The van der Waals surface area contributed by atoms with Crippen molar-refractivity contribution in [2.45, 2.75) is 12.5 Å². The first-order valence-electron chi connectivity index (χ1n) is 9.15. The van der Waals surface area contributed by atoms with Crippen molar-refractivity contribution >= 4 is 45.2 Å². The molecule has 0 bridgehead atoms. The molecular formula is C23H18ClN3O2. The summed E-state index contributed by atoms with van der Waals surface area (Å²) >= 11 is 5.92. The Morgan fingerprint density at radius 2 is 1.45 bits per heavy atom. The zero-order chi connectivity index (χ0) is 20.4. The number of nitrogens with two attached hydrogens (primary N) is 1. The number of aromatic nitrogens is 1. The maximum absolute atomic E-state index is 13.3. The quantitative estimate of drug-likeness (QED) is 0.496. The van der Waals surface area contributed by atoms with Gasteiger partial charge < -0.3 is 11.1 Å². The number of carbonyl (C=O) groups excluding carboxylic acids is 2. The largest absolute Gasteiger partial charge is 0.368 e. The molecule has 6 heteroatoms. The van der Waals surface area contributed by atoms with E-state index in [4.69, 9.17) is 17.3 Å². The topological polar surface area (TPSA) is 85.1 Å². The Hall–Kier alpha value is -3.44. The van der Waals surface area contributed by atoms with Gasteiger partial charge in [-0.05, 0) is 29.8 Å². The molecule has 0 saturated heterocycles. The molecule has 3 aromatic carbocycles. The Bertz CT molecular complexity index is 1170. The molecule has 0 aliphatic heterocycles. The molecule has 1 heterocycles. The van der Waals surface area contributed by atoms with E-state index in [0.717, 1.165) is 16.3 Å². The smallest absolute Gasteiger partial charge is 0.253 e. The van der Waals surface area contributed by atoms with E-state index in [0.29, 0.717) is 21.6 Å². The van der Waals surface area contributed by atoms with E-state index in [2.05, 4.69) is 10.3 Å². The lowest BCUT2D eigenvalue weighted by molar-refractivity contribution is -0.119. The van der Waals surface area contributed by atoms with E-state index in [9.17, 15) is 9.59 Å². The highest BCUT2D eigenvalue weighted by molar-refractivity contribution is 6.30. The van der Waals surface area contributed by atoms with Crippen LogP contribution in [0.15, 0.2) is 72.8 Å². The Labute approximate surface area is 172 Å². The summed E-state index contributed by atoms with van der Waals surface area (Å²) in [6, 6.07) is 21.1. The lowest BCUT2D eigenvalue weighted by Gasteiger charge is -2.17. The molecule has 0 aliphatic carbocycles. The van der Waals surface area contributed by atoms with Gasteiger partial charge in [-0.2, -0.15) is 0 Å². The Balaban J connectivity index is 1.73. The second kappa shape index (κ2) is 7.89. The van der Waals surface area contributed by atoms with E-state index in [1.165, 1.54) is 0 Å². The second-order valence-electron chi connectivity index (χ2n) is 6.78. The molecular weight excluding hydrogens is 386 g/mol. The lowest BCUT2D eigenvalue weighted by atomic mass is 10.0. The van der Waals surface area contributed by atoms with Gasteiger partial charge in [0.1, 0.15) is 6.04 Å². The first-order chi connectivity index (χ1) is 14.0. The Kier molecular flexibility index (Phi) is 5.14. The van der Waals surface area contributed by atoms with Crippen LogP contribution in [0.3, 0.4) is 0 Å². The number of nitrogens with zero attached hydrogens (tertiary/aromatic N) is 1. The summed E-state index contributed by atoms with van der Waals surface area (Å²) in [5.74, 6) is -0.964. The van der Waals surface area contributed by atoms with Crippen molar-refractivity contribution in [1.29, 1.82) is 0 Å².